The molecule has 1 heterocycles. The normalized spacial score (nSPS) is 14.7. The summed E-state index contributed by atoms with van der Waals surface area (Å²) in [7, 11) is 1.36. The second-order valence-corrected chi connectivity index (χ2v) is 9.31. The van der Waals surface area contributed by atoms with E-state index >= 15 is 0 Å². The Balaban J connectivity index is 2.05. The molecule has 1 atom stereocenters. The molecule has 0 radical (unpaired) electrons. The lowest BCUT2D eigenvalue weighted by Crippen LogP contribution is -2.44. The van der Waals surface area contributed by atoms with Gasteiger partial charge in [-0.05, 0) is 31.5 Å². The SMILES string of the molecule is CCNC(=NCc1ccc(S(=O)(=O)N(C)C)cc1)NCC(C)(O)c1cnn(C)c1. The second-order valence-electron chi connectivity index (χ2n) is 7.16. The molecule has 0 bridgehead atoms. The number of rotatable bonds is 8. The maximum atomic E-state index is 12.1. The number of benzene rings is 1. The molecule has 0 aliphatic rings. The molecule has 1 aromatic carbocycles. The molecular formula is C19H30N6O3S. The van der Waals surface area contributed by atoms with E-state index in [1.807, 2.05) is 6.92 Å². The van der Waals surface area contributed by atoms with E-state index in [1.165, 1.54) is 18.4 Å². The molecule has 0 saturated heterocycles. The van der Waals surface area contributed by atoms with E-state index in [2.05, 4.69) is 20.7 Å². The van der Waals surface area contributed by atoms with Crippen LogP contribution in [0.3, 0.4) is 0 Å². The fourth-order valence-corrected chi connectivity index (χ4v) is 3.45. The van der Waals surface area contributed by atoms with Crippen molar-refractivity contribution in [1.29, 1.82) is 0 Å². The molecule has 1 aromatic heterocycles. The lowest BCUT2D eigenvalue weighted by atomic mass is 10.00. The summed E-state index contributed by atoms with van der Waals surface area (Å²) >= 11 is 0. The molecule has 9 nitrogen and oxygen atoms in total. The Kier molecular flexibility index (Phi) is 7.39. The Morgan fingerprint density at radius 2 is 1.93 bits per heavy atom. The zero-order chi connectivity index (χ0) is 21.7. The number of hydrogen-bond acceptors (Lipinski definition) is 5. The van der Waals surface area contributed by atoms with Crippen molar-refractivity contribution < 1.29 is 13.5 Å². The minimum absolute atomic E-state index is 0.243. The Morgan fingerprint density at radius 1 is 1.28 bits per heavy atom. The van der Waals surface area contributed by atoms with Gasteiger partial charge in [0, 0.05) is 39.4 Å². The van der Waals surface area contributed by atoms with Gasteiger partial charge in [-0.2, -0.15) is 5.10 Å². The summed E-state index contributed by atoms with van der Waals surface area (Å²) in [6.45, 7) is 4.96. The average Bonchev–Trinajstić information content (AvgIpc) is 3.11. The zero-order valence-corrected chi connectivity index (χ0v) is 18.4. The molecule has 0 fully saturated rings. The van der Waals surface area contributed by atoms with Crippen LogP contribution in [-0.2, 0) is 29.2 Å². The standard InChI is InChI=1S/C19H30N6O3S/c1-6-20-18(22-14-19(2,26)16-12-23-25(5)13-16)21-11-15-7-9-17(10-8-15)29(27,28)24(3)4/h7-10,12-13,26H,6,11,14H2,1-5H3,(H2,20,21,22). The molecule has 1 unspecified atom stereocenters. The molecule has 0 spiro atoms. The van der Waals surface area contributed by atoms with Gasteiger partial charge in [-0.3, -0.25) is 4.68 Å². The van der Waals surface area contributed by atoms with Crippen molar-refractivity contribution in [1.82, 2.24) is 24.7 Å². The van der Waals surface area contributed by atoms with Gasteiger partial charge in [-0.1, -0.05) is 12.1 Å². The van der Waals surface area contributed by atoms with Crippen LogP contribution in [0.15, 0.2) is 46.5 Å². The minimum Gasteiger partial charge on any atom is -0.383 e. The lowest BCUT2D eigenvalue weighted by molar-refractivity contribution is 0.0616. The van der Waals surface area contributed by atoms with Crippen LogP contribution in [0.2, 0.25) is 0 Å². The van der Waals surface area contributed by atoms with E-state index in [4.69, 9.17) is 0 Å². The number of aryl methyl sites for hydroxylation is 1. The summed E-state index contributed by atoms with van der Waals surface area (Å²) in [5, 5.41) is 21.1. The Bertz CT molecular complexity index is 933. The topological polar surface area (TPSA) is 112 Å². The minimum atomic E-state index is -3.44. The predicted molar refractivity (Wildman–Crippen MR) is 113 cm³/mol. The van der Waals surface area contributed by atoms with Crippen molar-refractivity contribution in [2.75, 3.05) is 27.2 Å². The first kappa shape index (κ1) is 22.9. The van der Waals surface area contributed by atoms with Gasteiger partial charge >= 0.3 is 0 Å². The Morgan fingerprint density at radius 3 is 2.45 bits per heavy atom. The van der Waals surface area contributed by atoms with Crippen molar-refractivity contribution in [3.63, 3.8) is 0 Å². The fourth-order valence-electron chi connectivity index (χ4n) is 2.55. The van der Waals surface area contributed by atoms with Gasteiger partial charge in [0.25, 0.3) is 0 Å². The average molecular weight is 423 g/mol. The third-order valence-electron chi connectivity index (χ3n) is 4.39. The van der Waals surface area contributed by atoms with E-state index in [-0.39, 0.29) is 11.4 Å². The van der Waals surface area contributed by atoms with Crippen molar-refractivity contribution in [3.05, 3.63) is 47.8 Å². The Hall–Kier alpha value is -2.43. The molecule has 0 saturated carbocycles. The molecule has 29 heavy (non-hydrogen) atoms. The summed E-state index contributed by atoms with van der Waals surface area (Å²) in [5.74, 6) is 0.557. The molecule has 10 heteroatoms. The molecule has 0 amide bonds. The van der Waals surface area contributed by atoms with Gasteiger partial charge in [0.2, 0.25) is 10.0 Å². The highest BCUT2D eigenvalue weighted by Crippen LogP contribution is 2.18. The lowest BCUT2D eigenvalue weighted by Gasteiger charge is -2.23. The fraction of sp³-hybridized carbons (Fsp3) is 0.474. The number of nitrogens with one attached hydrogen (secondary N) is 2. The van der Waals surface area contributed by atoms with Crippen molar-refractivity contribution in [3.8, 4) is 0 Å². The van der Waals surface area contributed by atoms with Gasteiger partial charge in [0.1, 0.15) is 5.60 Å². The van der Waals surface area contributed by atoms with Crippen molar-refractivity contribution >= 4 is 16.0 Å². The number of guanidine groups is 1. The van der Waals surface area contributed by atoms with Gasteiger partial charge in [0.15, 0.2) is 5.96 Å². The summed E-state index contributed by atoms with van der Waals surface area (Å²) < 4.78 is 27.1. The van der Waals surface area contributed by atoms with Crippen molar-refractivity contribution in [2.24, 2.45) is 12.0 Å². The summed E-state index contributed by atoms with van der Waals surface area (Å²) in [6.07, 6.45) is 3.41. The Labute approximate surface area is 172 Å². The first-order valence-corrected chi connectivity index (χ1v) is 10.8. The van der Waals surface area contributed by atoms with Crippen molar-refractivity contribution in [2.45, 2.75) is 30.9 Å². The van der Waals surface area contributed by atoms with E-state index in [9.17, 15) is 13.5 Å². The van der Waals surface area contributed by atoms with Crippen LogP contribution in [0, 0.1) is 0 Å². The monoisotopic (exact) mass is 422 g/mol. The molecule has 160 valence electrons. The number of aromatic nitrogens is 2. The highest BCUT2D eigenvalue weighted by Gasteiger charge is 2.25. The zero-order valence-electron chi connectivity index (χ0n) is 17.5. The molecule has 3 N–H and O–H groups in total. The molecular weight excluding hydrogens is 392 g/mol. The van der Waals surface area contributed by atoms with Crippen LogP contribution in [-0.4, -0.2) is 60.8 Å². The largest absolute Gasteiger partial charge is 0.383 e. The third-order valence-corrected chi connectivity index (χ3v) is 6.22. The van der Waals surface area contributed by atoms with Gasteiger partial charge < -0.3 is 15.7 Å². The van der Waals surface area contributed by atoms with E-state index in [1.54, 1.807) is 55.3 Å². The quantitative estimate of drug-likeness (QED) is 0.425. The predicted octanol–water partition coefficient (Wildman–Crippen LogP) is 0.633. The number of nitrogens with zero attached hydrogens (tertiary/aromatic N) is 4. The van der Waals surface area contributed by atoms with Gasteiger partial charge in [-0.25, -0.2) is 17.7 Å². The second kappa shape index (κ2) is 9.38. The van der Waals surface area contributed by atoms with E-state index in [0.29, 0.717) is 24.6 Å². The number of aliphatic imine (C=N–C) groups is 1. The maximum absolute atomic E-state index is 12.1. The smallest absolute Gasteiger partial charge is 0.242 e. The van der Waals surface area contributed by atoms with Crippen LogP contribution < -0.4 is 10.6 Å². The number of sulfonamides is 1. The van der Waals surface area contributed by atoms with E-state index in [0.717, 1.165) is 5.56 Å². The first-order valence-electron chi connectivity index (χ1n) is 9.31. The summed E-state index contributed by atoms with van der Waals surface area (Å²) in [6, 6.07) is 6.64. The van der Waals surface area contributed by atoms with Crippen LogP contribution in [0.25, 0.3) is 0 Å². The summed E-state index contributed by atoms with van der Waals surface area (Å²) in [4.78, 5) is 4.76. The third kappa shape index (κ3) is 6.02. The molecule has 0 aliphatic heterocycles. The molecule has 0 aliphatic carbocycles. The van der Waals surface area contributed by atoms with Gasteiger partial charge in [0.05, 0.1) is 24.2 Å². The summed E-state index contributed by atoms with van der Waals surface area (Å²) in [5.41, 5.74) is 0.479. The van der Waals surface area contributed by atoms with Crippen LogP contribution >= 0.6 is 0 Å². The van der Waals surface area contributed by atoms with Crippen LogP contribution in [0.4, 0.5) is 0 Å². The number of aliphatic hydroxyl groups is 1. The van der Waals surface area contributed by atoms with E-state index < -0.39 is 15.6 Å². The maximum Gasteiger partial charge on any atom is 0.242 e. The molecule has 2 rings (SSSR count). The first-order chi connectivity index (χ1) is 13.6. The van der Waals surface area contributed by atoms with Crippen LogP contribution in [0.5, 0.6) is 0 Å². The van der Waals surface area contributed by atoms with Gasteiger partial charge in [-0.15, -0.1) is 0 Å². The molecule has 2 aromatic rings. The highest BCUT2D eigenvalue weighted by atomic mass is 32.2. The van der Waals surface area contributed by atoms with Crippen LogP contribution in [0.1, 0.15) is 25.0 Å². The number of hydrogen-bond donors (Lipinski definition) is 3. The highest BCUT2D eigenvalue weighted by molar-refractivity contribution is 7.89.